The van der Waals surface area contributed by atoms with E-state index in [1.807, 2.05) is 12.1 Å². The molecule has 2 N–H and O–H groups in total. The van der Waals surface area contributed by atoms with Crippen LogP contribution in [0.5, 0.6) is 17.4 Å². The highest BCUT2D eigenvalue weighted by Gasteiger charge is 2.32. The number of rotatable bonds is 2. The molecule has 4 nitrogen and oxygen atoms in total. The molecule has 2 heterocycles. The Labute approximate surface area is 112 Å². The second-order valence-corrected chi connectivity index (χ2v) is 5.31. The van der Waals surface area contributed by atoms with E-state index < -0.39 is 0 Å². The number of aromatic nitrogens is 1. The molecule has 98 valence electrons. The van der Waals surface area contributed by atoms with Crippen LogP contribution in [0.25, 0.3) is 0 Å². The largest absolute Gasteiger partial charge is 0.483 e. The van der Waals surface area contributed by atoms with Gasteiger partial charge in [0.15, 0.2) is 11.5 Å². The monoisotopic (exact) mass is 256 g/mol. The van der Waals surface area contributed by atoms with Crippen LogP contribution in [0.4, 0.5) is 5.69 Å². The molecule has 1 aromatic heterocycles. The lowest BCUT2D eigenvalue weighted by atomic mass is 10.0. The summed E-state index contributed by atoms with van der Waals surface area (Å²) in [4.78, 5) is 4.14. The number of para-hydroxylation sites is 1. The lowest BCUT2D eigenvalue weighted by Crippen LogP contribution is -2.24. The van der Waals surface area contributed by atoms with Crippen LogP contribution in [0.2, 0.25) is 0 Å². The summed E-state index contributed by atoms with van der Waals surface area (Å²) in [5, 5.41) is 0. The molecule has 0 spiro atoms. The quantitative estimate of drug-likeness (QED) is 0.896. The van der Waals surface area contributed by atoms with Gasteiger partial charge >= 0.3 is 0 Å². The number of nitrogens with zero attached hydrogens (tertiary/aromatic N) is 1. The molecule has 3 rings (SSSR count). The van der Waals surface area contributed by atoms with Crippen LogP contribution in [-0.4, -0.2) is 10.6 Å². The van der Waals surface area contributed by atoms with E-state index >= 15 is 0 Å². The summed E-state index contributed by atoms with van der Waals surface area (Å²) in [6.07, 6.45) is 2.50. The van der Waals surface area contributed by atoms with Crippen molar-refractivity contribution < 1.29 is 9.47 Å². The fraction of sp³-hybridized carbons (Fsp3) is 0.267. The standard InChI is InChI=1S/C15H16N2O2/c1-15(2)9-10-4-3-5-12(14(10)19-15)18-13-8-11(16)6-7-17-13/h3-8H,9H2,1-2H3,(H2,16,17). The van der Waals surface area contributed by atoms with Gasteiger partial charge in [-0.3, -0.25) is 0 Å². The van der Waals surface area contributed by atoms with Crippen LogP contribution in [0.15, 0.2) is 36.5 Å². The topological polar surface area (TPSA) is 57.4 Å². The number of benzene rings is 1. The average Bonchev–Trinajstić information content (AvgIpc) is 2.64. The molecule has 0 radical (unpaired) electrons. The van der Waals surface area contributed by atoms with Crippen molar-refractivity contribution in [1.82, 2.24) is 4.98 Å². The van der Waals surface area contributed by atoms with E-state index in [-0.39, 0.29) is 5.60 Å². The number of anilines is 1. The van der Waals surface area contributed by atoms with E-state index in [4.69, 9.17) is 15.2 Å². The summed E-state index contributed by atoms with van der Waals surface area (Å²) in [6, 6.07) is 9.32. The Balaban J connectivity index is 1.94. The highest BCUT2D eigenvalue weighted by Crippen LogP contribution is 2.43. The van der Waals surface area contributed by atoms with Crippen molar-refractivity contribution in [2.75, 3.05) is 5.73 Å². The molecule has 0 bridgehead atoms. The predicted molar refractivity (Wildman–Crippen MR) is 73.6 cm³/mol. The minimum atomic E-state index is -0.190. The first-order valence-electron chi connectivity index (χ1n) is 6.24. The van der Waals surface area contributed by atoms with Crippen LogP contribution >= 0.6 is 0 Å². The molecule has 2 aromatic rings. The lowest BCUT2D eigenvalue weighted by Gasteiger charge is -2.18. The van der Waals surface area contributed by atoms with E-state index in [9.17, 15) is 0 Å². The highest BCUT2D eigenvalue weighted by molar-refractivity contribution is 5.52. The van der Waals surface area contributed by atoms with Gasteiger partial charge < -0.3 is 15.2 Å². The van der Waals surface area contributed by atoms with Crippen molar-refractivity contribution in [2.45, 2.75) is 25.9 Å². The van der Waals surface area contributed by atoms with Crippen molar-refractivity contribution in [1.29, 1.82) is 0 Å². The van der Waals surface area contributed by atoms with Gasteiger partial charge in [0.2, 0.25) is 5.88 Å². The molecule has 0 saturated carbocycles. The second kappa shape index (κ2) is 4.16. The highest BCUT2D eigenvalue weighted by atomic mass is 16.5. The average molecular weight is 256 g/mol. The third-order valence-electron chi connectivity index (χ3n) is 3.03. The Morgan fingerprint density at radius 1 is 1.32 bits per heavy atom. The van der Waals surface area contributed by atoms with E-state index in [0.717, 1.165) is 17.7 Å². The van der Waals surface area contributed by atoms with Crippen LogP contribution in [0.3, 0.4) is 0 Å². The van der Waals surface area contributed by atoms with Crippen molar-refractivity contribution in [3.8, 4) is 17.4 Å². The van der Waals surface area contributed by atoms with Crippen molar-refractivity contribution in [2.24, 2.45) is 0 Å². The first kappa shape index (κ1) is 11.8. The first-order chi connectivity index (χ1) is 9.03. The first-order valence-corrected chi connectivity index (χ1v) is 6.24. The third kappa shape index (κ3) is 2.34. The summed E-state index contributed by atoms with van der Waals surface area (Å²) in [5.74, 6) is 1.96. The van der Waals surface area contributed by atoms with Gasteiger partial charge in [-0.25, -0.2) is 4.98 Å². The molecule has 4 heteroatoms. The fourth-order valence-corrected chi connectivity index (χ4v) is 2.26. The van der Waals surface area contributed by atoms with Crippen LogP contribution in [-0.2, 0) is 6.42 Å². The van der Waals surface area contributed by atoms with Crippen molar-refractivity contribution in [3.05, 3.63) is 42.1 Å². The van der Waals surface area contributed by atoms with Gasteiger partial charge in [-0.15, -0.1) is 0 Å². The summed E-state index contributed by atoms with van der Waals surface area (Å²) in [6.45, 7) is 4.13. The minimum Gasteiger partial charge on any atom is -0.483 e. The SMILES string of the molecule is CC1(C)Cc2cccc(Oc3cc(N)ccn3)c2O1. The molecule has 0 saturated heterocycles. The van der Waals surface area contributed by atoms with Gasteiger partial charge in [0.05, 0.1) is 0 Å². The molecular weight excluding hydrogens is 240 g/mol. The Kier molecular flexibility index (Phi) is 2.59. The Morgan fingerprint density at radius 3 is 2.95 bits per heavy atom. The van der Waals surface area contributed by atoms with E-state index in [2.05, 4.69) is 24.9 Å². The molecule has 1 aliphatic rings. The van der Waals surface area contributed by atoms with Gasteiger partial charge in [-0.2, -0.15) is 0 Å². The predicted octanol–water partition coefficient (Wildman–Crippen LogP) is 3.17. The van der Waals surface area contributed by atoms with Crippen LogP contribution in [0, 0.1) is 0 Å². The van der Waals surface area contributed by atoms with Crippen LogP contribution in [0.1, 0.15) is 19.4 Å². The second-order valence-electron chi connectivity index (χ2n) is 5.31. The number of nitrogens with two attached hydrogens (primary N) is 1. The Bertz CT molecular complexity index is 623. The number of hydrogen-bond donors (Lipinski definition) is 1. The van der Waals surface area contributed by atoms with Gasteiger partial charge in [-0.1, -0.05) is 12.1 Å². The zero-order valence-electron chi connectivity index (χ0n) is 11.0. The third-order valence-corrected chi connectivity index (χ3v) is 3.03. The van der Waals surface area contributed by atoms with E-state index in [1.54, 1.807) is 18.3 Å². The number of ether oxygens (including phenoxy) is 2. The fourth-order valence-electron chi connectivity index (χ4n) is 2.26. The van der Waals surface area contributed by atoms with Gasteiger partial charge in [0.25, 0.3) is 0 Å². The van der Waals surface area contributed by atoms with Crippen molar-refractivity contribution in [3.63, 3.8) is 0 Å². The minimum absolute atomic E-state index is 0.190. The zero-order chi connectivity index (χ0) is 13.5. The molecule has 1 aromatic carbocycles. The molecular formula is C15H16N2O2. The lowest BCUT2D eigenvalue weighted by molar-refractivity contribution is 0.135. The number of pyridine rings is 1. The summed E-state index contributed by atoms with van der Waals surface area (Å²) in [7, 11) is 0. The van der Waals surface area contributed by atoms with Gasteiger partial charge in [-0.05, 0) is 26.0 Å². The normalized spacial score (nSPS) is 15.7. The van der Waals surface area contributed by atoms with Crippen LogP contribution < -0.4 is 15.2 Å². The maximum Gasteiger partial charge on any atom is 0.221 e. The summed E-state index contributed by atoms with van der Waals surface area (Å²) in [5.41, 5.74) is 7.31. The number of fused-ring (bicyclic) bond motifs is 1. The summed E-state index contributed by atoms with van der Waals surface area (Å²) >= 11 is 0. The molecule has 1 aliphatic heterocycles. The molecule has 0 unspecified atom stereocenters. The summed E-state index contributed by atoms with van der Waals surface area (Å²) < 4.78 is 11.7. The molecule has 0 atom stereocenters. The van der Waals surface area contributed by atoms with E-state index in [1.165, 1.54) is 0 Å². The Morgan fingerprint density at radius 2 is 2.16 bits per heavy atom. The Hall–Kier alpha value is -2.23. The van der Waals surface area contributed by atoms with Crippen molar-refractivity contribution >= 4 is 5.69 Å². The maximum atomic E-state index is 5.94. The molecule has 0 amide bonds. The number of hydrogen-bond acceptors (Lipinski definition) is 4. The van der Waals surface area contributed by atoms with Gasteiger partial charge in [0.1, 0.15) is 5.60 Å². The molecule has 0 aliphatic carbocycles. The molecule has 0 fully saturated rings. The van der Waals surface area contributed by atoms with Gasteiger partial charge in [0, 0.05) is 29.9 Å². The number of nitrogen functional groups attached to an aromatic ring is 1. The smallest absolute Gasteiger partial charge is 0.221 e. The van der Waals surface area contributed by atoms with E-state index in [0.29, 0.717) is 17.3 Å². The molecule has 19 heavy (non-hydrogen) atoms. The maximum absolute atomic E-state index is 5.94. The zero-order valence-corrected chi connectivity index (χ0v) is 11.0.